The average molecular weight is 451 g/mol. The molecule has 1 rings (SSSR count). The van der Waals surface area contributed by atoms with E-state index in [0.717, 1.165) is 25.7 Å². The highest BCUT2D eigenvalue weighted by atomic mass is 16.5. The summed E-state index contributed by atoms with van der Waals surface area (Å²) in [6, 6.07) is 7.01. The van der Waals surface area contributed by atoms with Gasteiger partial charge in [-0.2, -0.15) is 0 Å². The Balaban J connectivity index is 2.29. The number of rotatable bonds is 16. The number of unbranched alkanes of at least 4 members (excludes halogenated alkanes) is 6. The van der Waals surface area contributed by atoms with Gasteiger partial charge in [-0.1, -0.05) is 37.8 Å². The van der Waals surface area contributed by atoms with E-state index in [0.29, 0.717) is 49.9 Å². The van der Waals surface area contributed by atoms with E-state index in [1.54, 1.807) is 35.2 Å². The van der Waals surface area contributed by atoms with Crippen molar-refractivity contribution >= 4 is 35.0 Å². The molecule has 0 aromatic heterocycles. The molecule has 0 radical (unpaired) electrons. The van der Waals surface area contributed by atoms with Crippen LogP contribution >= 0.6 is 0 Å². The molecule has 0 atom stereocenters. The van der Waals surface area contributed by atoms with Gasteiger partial charge >= 0.3 is 0 Å². The highest BCUT2D eigenvalue weighted by Crippen LogP contribution is 2.22. The number of nitrogens with one attached hydrogen (secondary N) is 4. The molecular weight excluding hydrogens is 416 g/mol. The van der Waals surface area contributed by atoms with Gasteiger partial charge in [0.25, 0.3) is 0 Å². The Bertz CT molecular complexity index is 680. The number of benzene rings is 1. The molecule has 0 saturated carbocycles. The van der Waals surface area contributed by atoms with Crippen molar-refractivity contribution in [3.63, 3.8) is 0 Å². The number of anilines is 2. The van der Waals surface area contributed by atoms with Crippen LogP contribution in [0.4, 0.5) is 11.4 Å². The van der Waals surface area contributed by atoms with E-state index in [9.17, 15) is 19.2 Å². The van der Waals surface area contributed by atoms with Crippen LogP contribution < -0.4 is 21.6 Å². The predicted octanol–water partition coefficient (Wildman–Crippen LogP) is 3.26. The van der Waals surface area contributed by atoms with Crippen LogP contribution in [0.15, 0.2) is 24.3 Å². The van der Waals surface area contributed by atoms with Crippen LogP contribution in [-0.2, 0) is 19.2 Å². The van der Waals surface area contributed by atoms with Gasteiger partial charge in [-0.3, -0.25) is 29.6 Å². The SMILES string of the molecule is O=C(CCCCCCC(=O)Nc1ccccc1NC(=O)CCCCCCC(=O)NO)NO. The first-order valence-corrected chi connectivity index (χ1v) is 11.0. The van der Waals surface area contributed by atoms with Crippen LogP contribution in [0.5, 0.6) is 0 Å². The minimum atomic E-state index is -0.409. The van der Waals surface area contributed by atoms with Gasteiger partial charge in [0.2, 0.25) is 23.6 Å². The Kier molecular flexibility index (Phi) is 14.1. The number of para-hydroxylation sites is 2. The predicted molar refractivity (Wildman–Crippen MR) is 119 cm³/mol. The van der Waals surface area contributed by atoms with Crippen molar-refractivity contribution in [2.24, 2.45) is 0 Å². The zero-order chi connectivity index (χ0) is 23.6. The molecule has 1 aromatic rings. The summed E-state index contributed by atoms with van der Waals surface area (Å²) < 4.78 is 0. The Morgan fingerprint density at radius 2 is 0.844 bits per heavy atom. The molecule has 0 spiro atoms. The van der Waals surface area contributed by atoms with Crippen molar-refractivity contribution in [3.05, 3.63) is 24.3 Å². The molecular formula is C22H34N4O6. The van der Waals surface area contributed by atoms with Crippen LogP contribution in [0.25, 0.3) is 0 Å². The van der Waals surface area contributed by atoms with Crippen LogP contribution in [0, 0.1) is 0 Å². The van der Waals surface area contributed by atoms with Crippen molar-refractivity contribution in [3.8, 4) is 0 Å². The summed E-state index contributed by atoms with van der Waals surface area (Å²) in [5, 5.41) is 22.5. The molecule has 0 aliphatic rings. The number of carbonyl (C=O) groups is 4. The van der Waals surface area contributed by atoms with Crippen molar-refractivity contribution < 1.29 is 29.6 Å². The Labute approximate surface area is 188 Å². The molecule has 0 heterocycles. The number of amides is 4. The second kappa shape index (κ2) is 16.7. The smallest absolute Gasteiger partial charge is 0.243 e. The maximum absolute atomic E-state index is 12.2. The van der Waals surface area contributed by atoms with Gasteiger partial charge in [0.15, 0.2) is 0 Å². The van der Waals surface area contributed by atoms with E-state index in [-0.39, 0.29) is 24.7 Å². The molecule has 0 aliphatic carbocycles. The monoisotopic (exact) mass is 450 g/mol. The lowest BCUT2D eigenvalue weighted by Crippen LogP contribution is -2.17. The Morgan fingerprint density at radius 1 is 0.531 bits per heavy atom. The summed E-state index contributed by atoms with van der Waals surface area (Å²) in [4.78, 5) is 46.3. The molecule has 4 amide bonds. The lowest BCUT2D eigenvalue weighted by molar-refractivity contribution is -0.130. The number of hydrogen-bond acceptors (Lipinski definition) is 6. The van der Waals surface area contributed by atoms with Crippen molar-refractivity contribution in [2.75, 3.05) is 10.6 Å². The minimum Gasteiger partial charge on any atom is -0.324 e. The second-order valence-electron chi connectivity index (χ2n) is 7.54. The summed E-state index contributed by atoms with van der Waals surface area (Å²) in [5.74, 6) is -1.11. The molecule has 1 aromatic carbocycles. The van der Waals surface area contributed by atoms with Crippen molar-refractivity contribution in [1.82, 2.24) is 11.0 Å². The maximum atomic E-state index is 12.2. The van der Waals surface area contributed by atoms with Gasteiger partial charge in [0, 0.05) is 25.7 Å². The van der Waals surface area contributed by atoms with Gasteiger partial charge in [-0.15, -0.1) is 0 Å². The fourth-order valence-electron chi connectivity index (χ4n) is 3.09. The van der Waals surface area contributed by atoms with Gasteiger partial charge < -0.3 is 10.6 Å². The van der Waals surface area contributed by atoms with Crippen molar-refractivity contribution in [2.45, 2.75) is 77.0 Å². The summed E-state index contributed by atoms with van der Waals surface area (Å²) in [7, 11) is 0. The molecule has 178 valence electrons. The molecule has 0 aliphatic heterocycles. The molecule has 0 fully saturated rings. The molecule has 0 saturated heterocycles. The normalized spacial score (nSPS) is 10.3. The van der Waals surface area contributed by atoms with Crippen LogP contribution in [0.2, 0.25) is 0 Å². The van der Waals surface area contributed by atoms with Crippen LogP contribution in [-0.4, -0.2) is 34.0 Å². The maximum Gasteiger partial charge on any atom is 0.243 e. The molecule has 10 nitrogen and oxygen atoms in total. The highest BCUT2D eigenvalue weighted by Gasteiger charge is 2.10. The van der Waals surface area contributed by atoms with Gasteiger partial charge in [0.1, 0.15) is 0 Å². The minimum absolute atomic E-state index is 0.147. The number of hydrogen-bond donors (Lipinski definition) is 6. The standard InChI is InChI=1S/C22H34N4O6/c27-19(13-5-1-3-7-15-21(29)25-31)23-17-11-9-10-12-18(17)24-20(28)14-6-2-4-8-16-22(30)26-32/h9-12,31-32H,1-8,13-16H2,(H,23,27)(H,24,28)(H,25,29)(H,26,30). The molecule has 32 heavy (non-hydrogen) atoms. The van der Waals surface area contributed by atoms with E-state index in [2.05, 4.69) is 10.6 Å². The average Bonchev–Trinajstić information content (AvgIpc) is 2.79. The van der Waals surface area contributed by atoms with E-state index in [1.807, 2.05) is 0 Å². The second-order valence-corrected chi connectivity index (χ2v) is 7.54. The zero-order valence-corrected chi connectivity index (χ0v) is 18.3. The fourth-order valence-corrected chi connectivity index (χ4v) is 3.09. The Morgan fingerprint density at radius 3 is 1.16 bits per heavy atom. The molecule has 10 heteroatoms. The quantitative estimate of drug-likeness (QED) is 0.129. The molecule has 0 bridgehead atoms. The lowest BCUT2D eigenvalue weighted by Gasteiger charge is -2.12. The van der Waals surface area contributed by atoms with Gasteiger partial charge in [-0.05, 0) is 37.8 Å². The summed E-state index contributed by atoms with van der Waals surface area (Å²) in [6.45, 7) is 0. The first-order chi connectivity index (χ1) is 15.5. The highest BCUT2D eigenvalue weighted by molar-refractivity contribution is 5.99. The first kappa shape index (κ1) is 27.1. The van der Waals surface area contributed by atoms with Gasteiger partial charge in [-0.25, -0.2) is 11.0 Å². The summed E-state index contributed by atoms with van der Waals surface area (Å²) >= 11 is 0. The lowest BCUT2D eigenvalue weighted by atomic mass is 10.1. The zero-order valence-electron chi connectivity index (χ0n) is 18.3. The molecule has 0 unspecified atom stereocenters. The van der Waals surface area contributed by atoms with E-state index < -0.39 is 11.8 Å². The first-order valence-electron chi connectivity index (χ1n) is 11.0. The topological polar surface area (TPSA) is 157 Å². The van der Waals surface area contributed by atoms with Crippen LogP contribution in [0.1, 0.15) is 77.0 Å². The van der Waals surface area contributed by atoms with Crippen molar-refractivity contribution in [1.29, 1.82) is 0 Å². The summed E-state index contributed by atoms with van der Waals surface area (Å²) in [6.07, 6.45) is 7.05. The fraction of sp³-hybridized carbons (Fsp3) is 0.545. The van der Waals surface area contributed by atoms with E-state index in [4.69, 9.17) is 10.4 Å². The van der Waals surface area contributed by atoms with Gasteiger partial charge in [0.05, 0.1) is 11.4 Å². The third-order valence-electron chi connectivity index (χ3n) is 4.84. The Hall–Kier alpha value is -2.98. The largest absolute Gasteiger partial charge is 0.324 e. The third-order valence-corrected chi connectivity index (χ3v) is 4.84. The van der Waals surface area contributed by atoms with E-state index in [1.165, 1.54) is 0 Å². The molecule has 6 N–H and O–H groups in total. The van der Waals surface area contributed by atoms with E-state index >= 15 is 0 Å². The van der Waals surface area contributed by atoms with Crippen LogP contribution in [0.3, 0.4) is 0 Å². The number of hydroxylamine groups is 2. The summed E-state index contributed by atoms with van der Waals surface area (Å²) in [5.41, 5.74) is 4.27. The third kappa shape index (κ3) is 12.7. The number of carbonyl (C=O) groups excluding carboxylic acids is 4.